The Labute approximate surface area is 86.7 Å². The zero-order valence-electron chi connectivity index (χ0n) is 6.89. The lowest BCUT2D eigenvalue weighted by atomic mass is 10.1. The Morgan fingerprint density at radius 2 is 2.15 bits per heavy atom. The van der Waals surface area contributed by atoms with Crippen molar-refractivity contribution >= 4 is 23.2 Å². The van der Waals surface area contributed by atoms with Gasteiger partial charge in [-0.25, -0.2) is 0 Å². The van der Waals surface area contributed by atoms with Crippen molar-refractivity contribution in [2.24, 2.45) is 0 Å². The van der Waals surface area contributed by atoms with Gasteiger partial charge in [-0.2, -0.15) is 5.48 Å². The van der Waals surface area contributed by atoms with E-state index in [4.69, 9.17) is 28.0 Å². The molecule has 0 saturated carbocycles. The Morgan fingerprint density at radius 3 is 2.77 bits per heavy atom. The van der Waals surface area contributed by atoms with Gasteiger partial charge in [-0.05, 0) is 24.1 Å². The molecule has 0 unspecified atom stereocenters. The standard InChI is InChI=1S/C9H9Cl2NO/c10-7-2-1-6(5-8(7)11)9-3-4-13-12-9/h1-2,5,9,12H,3-4H2/t9-/m1/s1. The fraction of sp³-hybridized carbons (Fsp3) is 0.333. The lowest BCUT2D eigenvalue weighted by molar-refractivity contribution is 0.0883. The number of hydroxylamine groups is 1. The monoisotopic (exact) mass is 217 g/mol. The van der Waals surface area contributed by atoms with Crippen LogP contribution >= 0.6 is 23.2 Å². The topological polar surface area (TPSA) is 21.3 Å². The van der Waals surface area contributed by atoms with Crippen LogP contribution < -0.4 is 5.48 Å². The van der Waals surface area contributed by atoms with Crippen molar-refractivity contribution in [3.8, 4) is 0 Å². The molecule has 13 heavy (non-hydrogen) atoms. The number of rotatable bonds is 1. The molecule has 1 heterocycles. The number of benzene rings is 1. The Balaban J connectivity index is 2.25. The smallest absolute Gasteiger partial charge is 0.0701 e. The minimum atomic E-state index is 0.245. The second-order valence-corrected chi connectivity index (χ2v) is 3.80. The van der Waals surface area contributed by atoms with E-state index in [9.17, 15) is 0 Å². The molecule has 1 fully saturated rings. The highest BCUT2D eigenvalue weighted by atomic mass is 35.5. The fourth-order valence-electron chi connectivity index (χ4n) is 1.36. The summed E-state index contributed by atoms with van der Waals surface area (Å²) in [4.78, 5) is 5.06. The van der Waals surface area contributed by atoms with Gasteiger partial charge in [0.05, 0.1) is 22.7 Å². The maximum Gasteiger partial charge on any atom is 0.0701 e. The fourth-order valence-corrected chi connectivity index (χ4v) is 1.67. The third-order valence-electron chi connectivity index (χ3n) is 2.08. The number of hydrogen-bond donors (Lipinski definition) is 1. The van der Waals surface area contributed by atoms with Crippen LogP contribution in [0.2, 0.25) is 10.0 Å². The van der Waals surface area contributed by atoms with E-state index in [-0.39, 0.29) is 6.04 Å². The van der Waals surface area contributed by atoms with Gasteiger partial charge in [0.25, 0.3) is 0 Å². The first kappa shape index (κ1) is 9.28. The molecular formula is C9H9Cl2NO. The zero-order chi connectivity index (χ0) is 9.26. The lowest BCUT2D eigenvalue weighted by Gasteiger charge is -2.09. The molecule has 2 nitrogen and oxygen atoms in total. The Bertz CT molecular complexity index is 310. The maximum atomic E-state index is 5.89. The molecule has 0 aliphatic carbocycles. The molecule has 1 atom stereocenters. The third kappa shape index (κ3) is 1.97. The van der Waals surface area contributed by atoms with E-state index in [2.05, 4.69) is 5.48 Å². The van der Waals surface area contributed by atoms with E-state index in [1.54, 1.807) is 6.07 Å². The predicted molar refractivity (Wildman–Crippen MR) is 52.9 cm³/mol. The largest absolute Gasteiger partial charge is 0.301 e. The van der Waals surface area contributed by atoms with Crippen molar-refractivity contribution in [3.63, 3.8) is 0 Å². The minimum absolute atomic E-state index is 0.245. The highest BCUT2D eigenvalue weighted by Gasteiger charge is 2.17. The van der Waals surface area contributed by atoms with E-state index >= 15 is 0 Å². The summed E-state index contributed by atoms with van der Waals surface area (Å²) in [7, 11) is 0. The van der Waals surface area contributed by atoms with Crippen LogP contribution in [0.5, 0.6) is 0 Å². The van der Waals surface area contributed by atoms with E-state index in [0.717, 1.165) is 18.6 Å². The summed E-state index contributed by atoms with van der Waals surface area (Å²) in [6.45, 7) is 0.741. The average molecular weight is 218 g/mol. The van der Waals surface area contributed by atoms with Crippen LogP contribution in [0.15, 0.2) is 18.2 Å². The molecule has 0 bridgehead atoms. The van der Waals surface area contributed by atoms with Crippen LogP contribution in [-0.2, 0) is 4.84 Å². The maximum absolute atomic E-state index is 5.89. The van der Waals surface area contributed by atoms with E-state index < -0.39 is 0 Å². The normalized spacial score (nSPS) is 22.2. The molecular weight excluding hydrogens is 209 g/mol. The molecule has 0 amide bonds. The second-order valence-electron chi connectivity index (χ2n) is 2.98. The molecule has 1 N–H and O–H groups in total. The molecule has 70 valence electrons. The van der Waals surface area contributed by atoms with E-state index in [0.29, 0.717) is 10.0 Å². The summed E-state index contributed by atoms with van der Waals surface area (Å²) in [5, 5.41) is 1.18. The summed E-state index contributed by atoms with van der Waals surface area (Å²) in [6, 6.07) is 5.88. The van der Waals surface area contributed by atoms with Crippen LogP contribution in [0, 0.1) is 0 Å². The van der Waals surface area contributed by atoms with Crippen LogP contribution in [0.4, 0.5) is 0 Å². The zero-order valence-corrected chi connectivity index (χ0v) is 8.40. The minimum Gasteiger partial charge on any atom is -0.301 e. The van der Waals surface area contributed by atoms with E-state index in [1.165, 1.54) is 0 Å². The first-order valence-corrected chi connectivity index (χ1v) is 4.85. The van der Waals surface area contributed by atoms with Crippen LogP contribution in [0.1, 0.15) is 18.0 Å². The molecule has 0 spiro atoms. The third-order valence-corrected chi connectivity index (χ3v) is 2.82. The number of nitrogens with one attached hydrogen (secondary N) is 1. The van der Waals surface area contributed by atoms with Gasteiger partial charge in [0.1, 0.15) is 0 Å². The molecule has 0 radical (unpaired) electrons. The van der Waals surface area contributed by atoms with Crippen LogP contribution in [-0.4, -0.2) is 6.61 Å². The van der Waals surface area contributed by atoms with Crippen molar-refractivity contribution in [1.82, 2.24) is 5.48 Å². The van der Waals surface area contributed by atoms with Crippen LogP contribution in [0.25, 0.3) is 0 Å². The number of hydrogen-bond acceptors (Lipinski definition) is 2. The first-order valence-electron chi connectivity index (χ1n) is 4.09. The SMILES string of the molecule is Clc1ccc([C@H]2CCON2)cc1Cl. The Morgan fingerprint density at radius 1 is 1.31 bits per heavy atom. The highest BCUT2D eigenvalue weighted by Crippen LogP contribution is 2.28. The average Bonchev–Trinajstić information content (AvgIpc) is 2.62. The molecule has 2 rings (SSSR count). The lowest BCUT2D eigenvalue weighted by Crippen LogP contribution is -2.11. The van der Waals surface area contributed by atoms with Gasteiger partial charge in [-0.1, -0.05) is 29.3 Å². The van der Waals surface area contributed by atoms with Gasteiger partial charge in [-0.15, -0.1) is 0 Å². The summed E-state index contributed by atoms with van der Waals surface area (Å²) in [5.74, 6) is 0. The molecule has 4 heteroatoms. The Kier molecular flexibility index (Phi) is 2.74. The summed E-state index contributed by atoms with van der Waals surface area (Å²) < 4.78 is 0. The van der Waals surface area contributed by atoms with Gasteiger partial charge < -0.3 is 4.84 Å². The summed E-state index contributed by atoms with van der Waals surface area (Å²) in [5.41, 5.74) is 4.04. The number of halogens is 2. The van der Waals surface area contributed by atoms with Gasteiger partial charge >= 0.3 is 0 Å². The molecule has 1 aliphatic rings. The second kappa shape index (κ2) is 3.84. The van der Waals surface area contributed by atoms with Gasteiger partial charge in [0.15, 0.2) is 0 Å². The van der Waals surface area contributed by atoms with Crippen LogP contribution in [0.3, 0.4) is 0 Å². The van der Waals surface area contributed by atoms with Crippen molar-refractivity contribution in [2.45, 2.75) is 12.5 Å². The summed E-state index contributed by atoms with van der Waals surface area (Å²) in [6.07, 6.45) is 0.970. The van der Waals surface area contributed by atoms with Gasteiger partial charge in [0.2, 0.25) is 0 Å². The van der Waals surface area contributed by atoms with Crippen molar-refractivity contribution in [3.05, 3.63) is 33.8 Å². The Hall–Kier alpha value is -0.280. The van der Waals surface area contributed by atoms with Crippen molar-refractivity contribution in [2.75, 3.05) is 6.61 Å². The van der Waals surface area contributed by atoms with Gasteiger partial charge in [-0.3, -0.25) is 0 Å². The molecule has 1 aromatic carbocycles. The quantitative estimate of drug-likeness (QED) is 0.782. The van der Waals surface area contributed by atoms with Crippen molar-refractivity contribution < 1.29 is 4.84 Å². The molecule has 1 aromatic rings. The molecule has 1 aliphatic heterocycles. The van der Waals surface area contributed by atoms with Gasteiger partial charge in [0, 0.05) is 0 Å². The molecule has 1 saturated heterocycles. The molecule has 0 aromatic heterocycles. The van der Waals surface area contributed by atoms with E-state index in [1.807, 2.05) is 12.1 Å². The summed E-state index contributed by atoms with van der Waals surface area (Å²) >= 11 is 11.7. The highest BCUT2D eigenvalue weighted by molar-refractivity contribution is 6.42. The van der Waals surface area contributed by atoms with Crippen molar-refractivity contribution in [1.29, 1.82) is 0 Å². The predicted octanol–water partition coefficient (Wildman–Crippen LogP) is 2.96. The first-order chi connectivity index (χ1) is 6.27.